The lowest BCUT2D eigenvalue weighted by molar-refractivity contribution is 0.0635. The van der Waals surface area contributed by atoms with Crippen molar-refractivity contribution in [2.75, 3.05) is 6.54 Å². The number of rotatable bonds is 3. The standard InChI is InChI=1S/C21H23FN4O/c1-15-7-3-4-14-25(15)21(27)19-16(2)23-26(18-10-8-17(22)9-11-18)20(19)24-12-5-6-13-24/h5-6,8-13,15H,3-4,7,14H2,1-2H3/t15-/m1/s1. The number of amides is 1. The first-order chi connectivity index (χ1) is 13.1. The summed E-state index contributed by atoms with van der Waals surface area (Å²) in [5.74, 6) is 0.396. The van der Waals surface area contributed by atoms with Crippen LogP contribution >= 0.6 is 0 Å². The molecule has 0 unspecified atom stereocenters. The molecule has 1 amide bonds. The van der Waals surface area contributed by atoms with Crippen LogP contribution in [0.25, 0.3) is 11.5 Å². The molecule has 140 valence electrons. The van der Waals surface area contributed by atoms with E-state index in [1.807, 2.05) is 40.9 Å². The van der Waals surface area contributed by atoms with Gasteiger partial charge in [-0.25, -0.2) is 9.07 Å². The zero-order valence-electron chi connectivity index (χ0n) is 15.6. The molecule has 0 saturated carbocycles. The van der Waals surface area contributed by atoms with Crippen molar-refractivity contribution < 1.29 is 9.18 Å². The van der Waals surface area contributed by atoms with Crippen molar-refractivity contribution in [3.63, 3.8) is 0 Å². The fourth-order valence-corrected chi connectivity index (χ4v) is 3.79. The van der Waals surface area contributed by atoms with Crippen molar-refractivity contribution in [3.8, 4) is 11.5 Å². The fourth-order valence-electron chi connectivity index (χ4n) is 3.79. The number of likely N-dealkylation sites (tertiary alicyclic amines) is 1. The van der Waals surface area contributed by atoms with E-state index < -0.39 is 0 Å². The van der Waals surface area contributed by atoms with Gasteiger partial charge in [-0.1, -0.05) is 0 Å². The molecule has 1 atom stereocenters. The molecule has 1 aliphatic heterocycles. The van der Waals surface area contributed by atoms with Crippen molar-refractivity contribution >= 4 is 5.91 Å². The van der Waals surface area contributed by atoms with Gasteiger partial charge in [0.2, 0.25) is 0 Å². The maximum absolute atomic E-state index is 13.4. The molecular weight excluding hydrogens is 343 g/mol. The number of piperidine rings is 1. The van der Waals surface area contributed by atoms with Gasteiger partial charge in [-0.05, 0) is 69.5 Å². The van der Waals surface area contributed by atoms with Gasteiger partial charge in [-0.15, -0.1) is 0 Å². The van der Waals surface area contributed by atoms with Crippen LogP contribution in [0.15, 0.2) is 48.8 Å². The molecule has 1 fully saturated rings. The normalized spacial score (nSPS) is 17.3. The Hall–Kier alpha value is -2.89. The molecule has 1 saturated heterocycles. The summed E-state index contributed by atoms with van der Waals surface area (Å²) in [5.41, 5.74) is 1.99. The summed E-state index contributed by atoms with van der Waals surface area (Å²) in [6.07, 6.45) is 7.00. The Balaban J connectivity index is 1.86. The van der Waals surface area contributed by atoms with Gasteiger partial charge in [0.05, 0.1) is 11.4 Å². The Labute approximate surface area is 158 Å². The van der Waals surface area contributed by atoms with E-state index in [2.05, 4.69) is 12.0 Å². The molecule has 1 aliphatic rings. The lowest BCUT2D eigenvalue weighted by Gasteiger charge is -2.33. The smallest absolute Gasteiger partial charge is 0.259 e. The number of carbonyl (C=O) groups excluding carboxylic acids is 1. The molecule has 27 heavy (non-hydrogen) atoms. The Kier molecular flexibility index (Phi) is 4.56. The third kappa shape index (κ3) is 3.16. The van der Waals surface area contributed by atoms with E-state index in [1.165, 1.54) is 12.1 Å². The first kappa shape index (κ1) is 17.5. The molecule has 3 aromatic rings. The van der Waals surface area contributed by atoms with Crippen molar-refractivity contribution in [2.45, 2.75) is 39.2 Å². The summed E-state index contributed by atoms with van der Waals surface area (Å²) in [4.78, 5) is 15.4. The second-order valence-corrected chi connectivity index (χ2v) is 7.11. The SMILES string of the molecule is Cc1nn(-c2ccc(F)cc2)c(-n2cccc2)c1C(=O)N1CCCC[C@H]1C. The van der Waals surface area contributed by atoms with E-state index in [0.29, 0.717) is 22.8 Å². The number of halogens is 1. The van der Waals surface area contributed by atoms with E-state index in [4.69, 9.17) is 0 Å². The molecule has 3 heterocycles. The Morgan fingerprint density at radius 2 is 1.85 bits per heavy atom. The predicted molar refractivity (Wildman–Crippen MR) is 102 cm³/mol. The fraction of sp³-hybridized carbons (Fsp3) is 0.333. The Bertz CT molecular complexity index is 943. The predicted octanol–water partition coefficient (Wildman–Crippen LogP) is 4.13. The topological polar surface area (TPSA) is 43.1 Å². The van der Waals surface area contributed by atoms with Gasteiger partial charge < -0.3 is 9.47 Å². The minimum atomic E-state index is -0.302. The molecular formula is C21H23FN4O. The highest BCUT2D eigenvalue weighted by Gasteiger charge is 2.31. The van der Waals surface area contributed by atoms with Crippen LogP contribution in [-0.2, 0) is 0 Å². The van der Waals surface area contributed by atoms with Crippen LogP contribution in [0, 0.1) is 12.7 Å². The third-order valence-corrected chi connectivity index (χ3v) is 5.23. The lowest BCUT2D eigenvalue weighted by atomic mass is 10.0. The van der Waals surface area contributed by atoms with Crippen LogP contribution < -0.4 is 0 Å². The van der Waals surface area contributed by atoms with Gasteiger partial charge in [0.15, 0.2) is 5.82 Å². The minimum absolute atomic E-state index is 0.0109. The highest BCUT2D eigenvalue weighted by atomic mass is 19.1. The number of nitrogens with zero attached hydrogens (tertiary/aromatic N) is 4. The molecule has 1 aromatic carbocycles. The van der Waals surface area contributed by atoms with E-state index in [0.717, 1.165) is 25.8 Å². The molecule has 0 aliphatic carbocycles. The van der Waals surface area contributed by atoms with Gasteiger partial charge in [-0.3, -0.25) is 4.79 Å². The maximum Gasteiger partial charge on any atom is 0.259 e. The first-order valence-electron chi connectivity index (χ1n) is 9.36. The first-order valence-corrected chi connectivity index (χ1v) is 9.36. The van der Waals surface area contributed by atoms with Gasteiger partial charge in [-0.2, -0.15) is 5.10 Å². The summed E-state index contributed by atoms with van der Waals surface area (Å²) in [6.45, 7) is 4.73. The van der Waals surface area contributed by atoms with Crippen LogP contribution in [0.2, 0.25) is 0 Å². The number of hydrogen-bond donors (Lipinski definition) is 0. The molecule has 0 bridgehead atoms. The Morgan fingerprint density at radius 1 is 1.15 bits per heavy atom. The van der Waals surface area contributed by atoms with E-state index in [1.54, 1.807) is 16.8 Å². The average molecular weight is 366 g/mol. The second kappa shape index (κ2) is 7.02. The highest BCUT2D eigenvalue weighted by Crippen LogP contribution is 2.27. The molecule has 0 spiro atoms. The quantitative estimate of drug-likeness (QED) is 0.700. The van der Waals surface area contributed by atoms with Crippen molar-refractivity contribution in [2.24, 2.45) is 0 Å². The molecule has 0 N–H and O–H groups in total. The molecule has 5 nitrogen and oxygen atoms in total. The number of aromatic nitrogens is 3. The van der Waals surface area contributed by atoms with Crippen LogP contribution in [-0.4, -0.2) is 37.7 Å². The van der Waals surface area contributed by atoms with Gasteiger partial charge >= 0.3 is 0 Å². The molecule has 0 radical (unpaired) electrons. The molecule has 4 rings (SSSR count). The zero-order valence-corrected chi connectivity index (χ0v) is 15.6. The maximum atomic E-state index is 13.4. The van der Waals surface area contributed by atoms with E-state index in [-0.39, 0.29) is 17.8 Å². The summed E-state index contributed by atoms with van der Waals surface area (Å²) in [6, 6.07) is 10.2. The van der Waals surface area contributed by atoms with E-state index in [9.17, 15) is 9.18 Å². The number of carbonyl (C=O) groups is 1. The van der Waals surface area contributed by atoms with Gasteiger partial charge in [0, 0.05) is 25.0 Å². The van der Waals surface area contributed by atoms with Crippen molar-refractivity contribution in [3.05, 3.63) is 65.9 Å². The van der Waals surface area contributed by atoms with Crippen molar-refractivity contribution in [1.82, 2.24) is 19.2 Å². The van der Waals surface area contributed by atoms with Crippen LogP contribution in [0.3, 0.4) is 0 Å². The monoisotopic (exact) mass is 366 g/mol. The summed E-state index contributed by atoms with van der Waals surface area (Å²) in [5, 5.41) is 4.63. The van der Waals surface area contributed by atoms with Crippen LogP contribution in [0.1, 0.15) is 42.2 Å². The van der Waals surface area contributed by atoms with E-state index >= 15 is 0 Å². The second-order valence-electron chi connectivity index (χ2n) is 7.11. The molecule has 6 heteroatoms. The van der Waals surface area contributed by atoms with Crippen LogP contribution in [0.4, 0.5) is 4.39 Å². The van der Waals surface area contributed by atoms with Gasteiger partial charge in [0.1, 0.15) is 11.4 Å². The zero-order chi connectivity index (χ0) is 19.0. The number of aryl methyl sites for hydroxylation is 1. The summed E-state index contributed by atoms with van der Waals surface area (Å²) >= 11 is 0. The van der Waals surface area contributed by atoms with Gasteiger partial charge in [0.25, 0.3) is 5.91 Å². The highest BCUT2D eigenvalue weighted by molar-refractivity contribution is 5.99. The van der Waals surface area contributed by atoms with Crippen molar-refractivity contribution in [1.29, 1.82) is 0 Å². The third-order valence-electron chi connectivity index (χ3n) is 5.23. The summed E-state index contributed by atoms with van der Waals surface area (Å²) < 4.78 is 17.0. The largest absolute Gasteiger partial charge is 0.336 e. The summed E-state index contributed by atoms with van der Waals surface area (Å²) in [7, 11) is 0. The Morgan fingerprint density at radius 3 is 2.52 bits per heavy atom. The van der Waals surface area contributed by atoms with Crippen LogP contribution in [0.5, 0.6) is 0 Å². The number of hydrogen-bond acceptors (Lipinski definition) is 2. The average Bonchev–Trinajstić information content (AvgIpc) is 3.30. The number of benzene rings is 1. The lowest BCUT2D eigenvalue weighted by Crippen LogP contribution is -2.42. The molecule has 2 aromatic heterocycles. The minimum Gasteiger partial charge on any atom is -0.336 e.